The van der Waals surface area contributed by atoms with Crippen LogP contribution in [0, 0.1) is 0 Å². The van der Waals surface area contributed by atoms with Gasteiger partial charge in [-0.05, 0) is 37.1 Å². The maximum Gasteiger partial charge on any atom is 0.241 e. The summed E-state index contributed by atoms with van der Waals surface area (Å²) in [5, 5.41) is 4.25. The van der Waals surface area contributed by atoms with Crippen molar-refractivity contribution in [2.24, 2.45) is 0 Å². The number of fused-ring (bicyclic) bond motifs is 1. The topological polar surface area (TPSA) is 57.4 Å². The Hall–Kier alpha value is -3.05. The number of nitrogens with zero attached hydrogens (tertiary/aromatic N) is 1. The first-order valence-corrected chi connectivity index (χ1v) is 9.60. The van der Waals surface area contributed by atoms with Gasteiger partial charge >= 0.3 is 0 Å². The highest BCUT2D eigenvalue weighted by Gasteiger charge is 2.24. The van der Waals surface area contributed by atoms with Gasteiger partial charge < -0.3 is 15.0 Å². The lowest BCUT2D eigenvalue weighted by molar-refractivity contribution is -0.120. The smallest absolute Gasteiger partial charge is 0.241 e. The highest BCUT2D eigenvalue weighted by Crippen LogP contribution is 2.29. The van der Waals surface area contributed by atoms with E-state index < -0.39 is 0 Å². The van der Waals surface area contributed by atoms with Gasteiger partial charge in [-0.3, -0.25) is 9.69 Å². The number of benzene rings is 2. The van der Waals surface area contributed by atoms with Crippen molar-refractivity contribution in [3.8, 4) is 5.75 Å². The van der Waals surface area contributed by atoms with Crippen LogP contribution in [0.25, 0.3) is 16.5 Å². The van der Waals surface area contributed by atoms with Gasteiger partial charge in [-0.25, -0.2) is 0 Å². The van der Waals surface area contributed by atoms with Gasteiger partial charge in [-0.1, -0.05) is 30.3 Å². The van der Waals surface area contributed by atoms with Gasteiger partial charge in [0.1, 0.15) is 5.75 Å². The Morgan fingerprint density at radius 3 is 2.86 bits per heavy atom. The molecule has 2 heterocycles. The van der Waals surface area contributed by atoms with E-state index in [2.05, 4.69) is 45.7 Å². The Morgan fingerprint density at radius 1 is 1.21 bits per heavy atom. The minimum Gasteiger partial charge on any atom is -0.497 e. The summed E-state index contributed by atoms with van der Waals surface area (Å²) in [5.41, 5.74) is 4.52. The van der Waals surface area contributed by atoms with Crippen LogP contribution in [-0.2, 0) is 4.79 Å². The van der Waals surface area contributed by atoms with Crippen LogP contribution in [0.4, 0.5) is 5.69 Å². The van der Waals surface area contributed by atoms with Crippen molar-refractivity contribution in [2.75, 3.05) is 25.5 Å². The Balaban J connectivity index is 1.42. The van der Waals surface area contributed by atoms with Crippen molar-refractivity contribution in [1.82, 2.24) is 9.88 Å². The molecule has 144 valence electrons. The number of hydrogen-bond acceptors (Lipinski definition) is 3. The van der Waals surface area contributed by atoms with E-state index in [0.29, 0.717) is 0 Å². The molecule has 3 aromatic rings. The lowest BCUT2D eigenvalue weighted by atomic mass is 9.98. The molecule has 0 saturated heterocycles. The zero-order valence-electron chi connectivity index (χ0n) is 16.2. The number of aromatic amines is 1. The highest BCUT2D eigenvalue weighted by atomic mass is 16.5. The van der Waals surface area contributed by atoms with E-state index >= 15 is 0 Å². The fourth-order valence-corrected chi connectivity index (χ4v) is 3.73. The number of H-pyrrole nitrogens is 1. The molecule has 5 nitrogen and oxygen atoms in total. The number of ether oxygens (including phenoxy) is 1. The molecule has 0 spiro atoms. The molecule has 2 N–H and O–H groups in total. The van der Waals surface area contributed by atoms with Gasteiger partial charge in [0, 0.05) is 47.5 Å². The molecule has 1 unspecified atom stereocenters. The molecule has 1 aliphatic heterocycles. The van der Waals surface area contributed by atoms with Crippen LogP contribution in [0.1, 0.15) is 18.9 Å². The standard InChI is InChI=1S/C23H25N3O2/c1-16(23(27)25-18-6-5-7-19(14-18)28-2)26-12-10-17(11-13-26)21-15-24-22-9-4-3-8-20(21)22/h3-10,14-16,24H,11-13H2,1-2H3,(H,25,27). The molecule has 0 radical (unpaired) electrons. The number of amides is 1. The van der Waals surface area contributed by atoms with Crippen LogP contribution in [0.2, 0.25) is 0 Å². The van der Waals surface area contributed by atoms with Crippen molar-refractivity contribution in [3.05, 3.63) is 66.4 Å². The summed E-state index contributed by atoms with van der Waals surface area (Å²) in [4.78, 5) is 18.2. The Morgan fingerprint density at radius 2 is 2.07 bits per heavy atom. The summed E-state index contributed by atoms with van der Waals surface area (Å²) in [5.74, 6) is 0.729. The molecular weight excluding hydrogens is 350 g/mol. The Labute approximate surface area is 165 Å². The second-order valence-corrected chi connectivity index (χ2v) is 7.12. The number of carbonyl (C=O) groups excluding carboxylic acids is 1. The number of hydrogen-bond donors (Lipinski definition) is 2. The van der Waals surface area contributed by atoms with Crippen molar-refractivity contribution in [3.63, 3.8) is 0 Å². The van der Waals surface area contributed by atoms with E-state index in [-0.39, 0.29) is 11.9 Å². The van der Waals surface area contributed by atoms with E-state index in [1.165, 1.54) is 16.5 Å². The third kappa shape index (κ3) is 3.66. The number of nitrogens with one attached hydrogen (secondary N) is 2. The van der Waals surface area contributed by atoms with E-state index in [1.807, 2.05) is 37.3 Å². The van der Waals surface area contributed by atoms with Crippen LogP contribution in [-0.4, -0.2) is 42.0 Å². The molecule has 0 saturated carbocycles. The molecule has 1 aliphatic rings. The number of methoxy groups -OCH3 is 1. The predicted molar refractivity (Wildman–Crippen MR) is 114 cm³/mol. The van der Waals surface area contributed by atoms with Crippen LogP contribution in [0.3, 0.4) is 0 Å². The normalized spacial score (nSPS) is 15.9. The van der Waals surface area contributed by atoms with Gasteiger partial charge in [-0.2, -0.15) is 0 Å². The molecule has 1 atom stereocenters. The van der Waals surface area contributed by atoms with E-state index in [9.17, 15) is 4.79 Å². The van der Waals surface area contributed by atoms with Crippen molar-refractivity contribution < 1.29 is 9.53 Å². The van der Waals surface area contributed by atoms with E-state index in [0.717, 1.165) is 36.5 Å². The number of rotatable bonds is 5. The first kappa shape index (κ1) is 18.3. The van der Waals surface area contributed by atoms with Crippen LogP contribution in [0.15, 0.2) is 60.8 Å². The Bertz CT molecular complexity index is 1020. The molecule has 4 rings (SSSR count). The first-order chi connectivity index (χ1) is 13.7. The second-order valence-electron chi connectivity index (χ2n) is 7.12. The predicted octanol–water partition coefficient (Wildman–Crippen LogP) is 4.29. The van der Waals surface area contributed by atoms with Crippen LogP contribution in [0.5, 0.6) is 5.75 Å². The van der Waals surface area contributed by atoms with E-state index in [4.69, 9.17) is 4.74 Å². The molecule has 0 bridgehead atoms. The minimum atomic E-state index is -0.202. The van der Waals surface area contributed by atoms with Crippen LogP contribution >= 0.6 is 0 Å². The summed E-state index contributed by atoms with van der Waals surface area (Å²) >= 11 is 0. The minimum absolute atomic E-state index is 0.00260. The van der Waals surface area contributed by atoms with Crippen molar-refractivity contribution >= 4 is 28.1 Å². The lowest BCUT2D eigenvalue weighted by Crippen LogP contribution is -2.44. The van der Waals surface area contributed by atoms with Crippen molar-refractivity contribution in [1.29, 1.82) is 0 Å². The fourth-order valence-electron chi connectivity index (χ4n) is 3.73. The summed E-state index contributed by atoms with van der Waals surface area (Å²) in [6.45, 7) is 3.58. The molecule has 5 heteroatoms. The molecule has 0 aliphatic carbocycles. The lowest BCUT2D eigenvalue weighted by Gasteiger charge is -2.31. The number of aromatic nitrogens is 1. The van der Waals surface area contributed by atoms with Gasteiger partial charge in [0.2, 0.25) is 5.91 Å². The summed E-state index contributed by atoms with van der Waals surface area (Å²) < 4.78 is 5.22. The molecule has 2 aromatic carbocycles. The maximum absolute atomic E-state index is 12.7. The molecular formula is C23H25N3O2. The monoisotopic (exact) mass is 375 g/mol. The second kappa shape index (κ2) is 7.90. The quantitative estimate of drug-likeness (QED) is 0.699. The van der Waals surface area contributed by atoms with E-state index in [1.54, 1.807) is 7.11 Å². The van der Waals surface area contributed by atoms with Crippen LogP contribution < -0.4 is 10.1 Å². The first-order valence-electron chi connectivity index (χ1n) is 9.60. The average molecular weight is 375 g/mol. The SMILES string of the molecule is COc1cccc(NC(=O)C(C)N2CC=C(c3c[nH]c4ccccc34)CC2)c1. The zero-order valence-corrected chi connectivity index (χ0v) is 16.2. The fraction of sp³-hybridized carbons (Fsp3) is 0.261. The zero-order chi connectivity index (χ0) is 19.5. The summed E-state index contributed by atoms with van der Waals surface area (Å²) in [6.07, 6.45) is 5.26. The summed E-state index contributed by atoms with van der Waals surface area (Å²) in [6, 6.07) is 15.6. The Kier molecular flexibility index (Phi) is 5.17. The highest BCUT2D eigenvalue weighted by molar-refractivity contribution is 5.95. The third-order valence-electron chi connectivity index (χ3n) is 5.44. The molecule has 28 heavy (non-hydrogen) atoms. The average Bonchev–Trinajstić information content (AvgIpc) is 3.17. The molecule has 1 amide bonds. The van der Waals surface area contributed by atoms with Gasteiger partial charge in [-0.15, -0.1) is 0 Å². The summed E-state index contributed by atoms with van der Waals surface area (Å²) in [7, 11) is 1.62. The number of anilines is 1. The number of para-hydroxylation sites is 1. The number of carbonyl (C=O) groups is 1. The third-order valence-corrected chi connectivity index (χ3v) is 5.44. The largest absolute Gasteiger partial charge is 0.497 e. The van der Waals surface area contributed by atoms with Gasteiger partial charge in [0.15, 0.2) is 0 Å². The van der Waals surface area contributed by atoms with Gasteiger partial charge in [0.25, 0.3) is 0 Å². The molecule has 0 fully saturated rings. The van der Waals surface area contributed by atoms with Crippen molar-refractivity contribution in [2.45, 2.75) is 19.4 Å². The maximum atomic E-state index is 12.7. The van der Waals surface area contributed by atoms with Gasteiger partial charge in [0.05, 0.1) is 13.2 Å². The molecule has 1 aromatic heterocycles.